The molecule has 7 heteroatoms. The van der Waals surface area contributed by atoms with Crippen molar-refractivity contribution in [2.45, 2.75) is 0 Å². The van der Waals surface area contributed by atoms with Gasteiger partial charge in [0.1, 0.15) is 0 Å². The van der Waals surface area contributed by atoms with E-state index >= 15 is 0 Å². The SMILES string of the molecule is c1ccc(-c2cccc(-c3cnc(N[NH2+]c4cccc5ccccc45)c(-c4cccc(-c5ccccn5)n4)c3)n2)nc1. The lowest BCUT2D eigenvalue weighted by atomic mass is 10.1. The fourth-order valence-electron chi connectivity index (χ4n) is 4.93. The molecule has 3 N–H and O–H groups in total. The summed E-state index contributed by atoms with van der Waals surface area (Å²) in [6.45, 7) is 0. The number of nitrogen functional groups attached to an aromatic ring is 1. The highest BCUT2D eigenvalue weighted by Crippen LogP contribution is 2.31. The van der Waals surface area contributed by atoms with E-state index in [1.54, 1.807) is 12.4 Å². The number of aromatic nitrogens is 5. The van der Waals surface area contributed by atoms with E-state index in [1.807, 2.05) is 84.4 Å². The summed E-state index contributed by atoms with van der Waals surface area (Å²) in [5.74, 6) is 0.693. The predicted octanol–water partition coefficient (Wildman–Crippen LogP) is 6.70. The highest BCUT2D eigenvalue weighted by molar-refractivity contribution is 5.90. The Balaban J connectivity index is 1.30. The van der Waals surface area contributed by atoms with E-state index in [2.05, 4.69) is 63.9 Å². The summed E-state index contributed by atoms with van der Waals surface area (Å²) in [4.78, 5) is 23.7. The van der Waals surface area contributed by atoms with Crippen LogP contribution in [0.4, 0.5) is 11.5 Å². The molecule has 0 radical (unpaired) electrons. The molecule has 7 aromatic rings. The number of benzene rings is 2. The van der Waals surface area contributed by atoms with Gasteiger partial charge in [0.2, 0.25) is 0 Å². The van der Waals surface area contributed by atoms with Crippen LogP contribution in [0.5, 0.6) is 0 Å². The second kappa shape index (κ2) is 11.4. The molecule has 0 atom stereocenters. The molecule has 0 amide bonds. The number of nitrogens with two attached hydrogens (primary N) is 1. The quantitative estimate of drug-likeness (QED) is 0.132. The monoisotopic (exact) mass is 544 g/mol. The molecule has 0 bridgehead atoms. The van der Waals surface area contributed by atoms with Crippen LogP contribution in [0.1, 0.15) is 0 Å². The molecular weight excluding hydrogens is 518 g/mol. The average molecular weight is 545 g/mol. The first-order chi connectivity index (χ1) is 20.8. The number of fused-ring (bicyclic) bond motifs is 1. The molecule has 5 heterocycles. The fourth-order valence-corrected chi connectivity index (χ4v) is 4.93. The van der Waals surface area contributed by atoms with Crippen molar-refractivity contribution in [3.05, 3.63) is 140 Å². The van der Waals surface area contributed by atoms with Gasteiger partial charge in [0.25, 0.3) is 0 Å². The van der Waals surface area contributed by atoms with Crippen LogP contribution in [0, 0.1) is 0 Å². The first-order valence-electron chi connectivity index (χ1n) is 13.7. The molecule has 0 saturated heterocycles. The van der Waals surface area contributed by atoms with Crippen molar-refractivity contribution < 1.29 is 5.43 Å². The van der Waals surface area contributed by atoms with Crippen LogP contribution in [0.15, 0.2) is 140 Å². The Kier molecular flexibility index (Phi) is 6.82. The van der Waals surface area contributed by atoms with Crippen LogP contribution < -0.4 is 10.9 Å². The van der Waals surface area contributed by atoms with Gasteiger partial charge in [-0.15, -0.1) is 0 Å². The van der Waals surface area contributed by atoms with E-state index in [1.165, 1.54) is 5.39 Å². The summed E-state index contributed by atoms with van der Waals surface area (Å²) in [7, 11) is 0. The molecule has 0 aliphatic rings. The van der Waals surface area contributed by atoms with Gasteiger partial charge in [-0.25, -0.2) is 25.8 Å². The van der Waals surface area contributed by atoms with Gasteiger partial charge < -0.3 is 0 Å². The smallest absolute Gasteiger partial charge is 0.183 e. The van der Waals surface area contributed by atoms with Gasteiger partial charge in [-0.3, -0.25) is 9.97 Å². The lowest BCUT2D eigenvalue weighted by Gasteiger charge is -2.13. The average Bonchev–Trinajstić information content (AvgIpc) is 3.08. The standard InChI is InChI=1S/C35H25N7/c1-2-12-26-24(10-1)11-7-17-30(26)41-42-35-27(29-16-9-19-34(40-29)32-14-4-6-21-37-32)22-25(23-38-35)28-15-8-18-33(39-28)31-13-3-5-20-36-31/h1-23,41H,(H,38,42)/p+1. The summed E-state index contributed by atoms with van der Waals surface area (Å²) < 4.78 is 0. The van der Waals surface area contributed by atoms with Crippen molar-refractivity contribution in [2.24, 2.45) is 0 Å². The van der Waals surface area contributed by atoms with Gasteiger partial charge in [-0.05, 0) is 66.0 Å². The Morgan fingerprint density at radius 2 is 1.10 bits per heavy atom. The number of rotatable bonds is 7. The molecule has 0 saturated carbocycles. The zero-order valence-electron chi connectivity index (χ0n) is 22.6. The molecule has 200 valence electrons. The van der Waals surface area contributed by atoms with Crippen LogP contribution in [-0.2, 0) is 0 Å². The van der Waals surface area contributed by atoms with Crippen molar-refractivity contribution in [2.75, 3.05) is 5.43 Å². The molecular formula is C35H26N7+. The molecule has 5 aromatic heterocycles. The number of nitrogens with one attached hydrogen (secondary N) is 1. The first-order valence-corrected chi connectivity index (χ1v) is 13.7. The minimum atomic E-state index is 0.693. The summed E-state index contributed by atoms with van der Waals surface area (Å²) in [5, 5.41) is 2.34. The molecule has 0 fully saturated rings. The minimum Gasteiger partial charge on any atom is -0.255 e. The Morgan fingerprint density at radius 3 is 1.83 bits per heavy atom. The second-order valence-electron chi connectivity index (χ2n) is 9.72. The first kappa shape index (κ1) is 25.2. The second-order valence-corrected chi connectivity index (χ2v) is 9.72. The lowest BCUT2D eigenvalue weighted by molar-refractivity contribution is -0.537. The zero-order valence-corrected chi connectivity index (χ0v) is 22.6. The molecule has 0 unspecified atom stereocenters. The number of pyridine rings is 5. The Bertz CT molecular complexity index is 1990. The molecule has 0 aliphatic heterocycles. The van der Waals surface area contributed by atoms with Crippen molar-refractivity contribution >= 4 is 22.3 Å². The maximum absolute atomic E-state index is 4.99. The predicted molar refractivity (Wildman–Crippen MR) is 166 cm³/mol. The van der Waals surface area contributed by atoms with E-state index < -0.39 is 0 Å². The number of nitrogens with zero attached hydrogens (tertiary/aromatic N) is 5. The van der Waals surface area contributed by atoms with E-state index in [9.17, 15) is 0 Å². The third-order valence-electron chi connectivity index (χ3n) is 7.00. The van der Waals surface area contributed by atoms with Gasteiger partial charge in [0.05, 0.1) is 34.2 Å². The molecule has 0 spiro atoms. The summed E-state index contributed by atoms with van der Waals surface area (Å²) in [6, 6.07) is 40.2. The van der Waals surface area contributed by atoms with Gasteiger partial charge in [0, 0.05) is 41.2 Å². The number of hydrogen-bond acceptors (Lipinski definition) is 6. The number of quaternary nitrogens is 1. The summed E-state index contributed by atoms with van der Waals surface area (Å²) in [5.41, 5.74) is 13.1. The van der Waals surface area contributed by atoms with Crippen LogP contribution in [0.3, 0.4) is 0 Å². The summed E-state index contributed by atoms with van der Waals surface area (Å²) >= 11 is 0. The van der Waals surface area contributed by atoms with Gasteiger partial charge >= 0.3 is 0 Å². The highest BCUT2D eigenvalue weighted by Gasteiger charge is 2.15. The van der Waals surface area contributed by atoms with Gasteiger partial charge in [-0.2, -0.15) is 0 Å². The van der Waals surface area contributed by atoms with Crippen LogP contribution in [0.25, 0.3) is 56.1 Å². The third kappa shape index (κ3) is 5.20. The van der Waals surface area contributed by atoms with E-state index in [0.29, 0.717) is 5.82 Å². The van der Waals surface area contributed by atoms with Crippen LogP contribution >= 0.6 is 0 Å². The maximum atomic E-state index is 4.99. The van der Waals surface area contributed by atoms with E-state index in [4.69, 9.17) is 15.0 Å². The Labute approximate surface area is 243 Å². The van der Waals surface area contributed by atoms with Crippen LogP contribution in [0.2, 0.25) is 0 Å². The zero-order chi connectivity index (χ0) is 28.1. The lowest BCUT2D eigenvalue weighted by Crippen LogP contribution is -2.82. The van der Waals surface area contributed by atoms with Crippen molar-refractivity contribution in [3.8, 4) is 45.3 Å². The third-order valence-corrected chi connectivity index (χ3v) is 7.00. The Hall–Kier alpha value is -5.79. The molecule has 0 aliphatic carbocycles. The normalized spacial score (nSPS) is 11.0. The molecule has 7 nitrogen and oxygen atoms in total. The summed E-state index contributed by atoms with van der Waals surface area (Å²) in [6.07, 6.45) is 5.39. The van der Waals surface area contributed by atoms with Gasteiger partial charge in [-0.1, -0.05) is 54.6 Å². The van der Waals surface area contributed by atoms with Crippen molar-refractivity contribution in [1.29, 1.82) is 0 Å². The number of hydrogen-bond donors (Lipinski definition) is 2. The maximum Gasteiger partial charge on any atom is 0.183 e. The minimum absolute atomic E-state index is 0.693. The Morgan fingerprint density at radius 1 is 0.500 bits per heavy atom. The van der Waals surface area contributed by atoms with Gasteiger partial charge in [0.15, 0.2) is 11.5 Å². The molecule has 42 heavy (non-hydrogen) atoms. The van der Waals surface area contributed by atoms with E-state index in [0.717, 1.165) is 56.4 Å². The van der Waals surface area contributed by atoms with E-state index in [-0.39, 0.29) is 0 Å². The molecule has 2 aromatic carbocycles. The van der Waals surface area contributed by atoms with Crippen LogP contribution in [-0.4, -0.2) is 24.9 Å². The molecule has 7 rings (SSSR count). The van der Waals surface area contributed by atoms with Crippen molar-refractivity contribution in [3.63, 3.8) is 0 Å². The van der Waals surface area contributed by atoms with Crippen molar-refractivity contribution in [1.82, 2.24) is 24.9 Å². The fraction of sp³-hybridized carbons (Fsp3) is 0. The highest BCUT2D eigenvalue weighted by atomic mass is 15.4. The largest absolute Gasteiger partial charge is 0.255 e. The number of anilines is 1. The topological polar surface area (TPSA) is 93.1 Å².